The van der Waals surface area contributed by atoms with Crippen LogP contribution >= 0.6 is 22.9 Å². The summed E-state index contributed by atoms with van der Waals surface area (Å²) in [5.41, 5.74) is 7.58. The molecule has 0 saturated carbocycles. The lowest BCUT2D eigenvalue weighted by Crippen LogP contribution is -2.22. The molecule has 0 unspecified atom stereocenters. The molecule has 0 spiro atoms. The van der Waals surface area contributed by atoms with Crippen molar-refractivity contribution in [3.05, 3.63) is 68.9 Å². The van der Waals surface area contributed by atoms with Gasteiger partial charge in [-0.3, -0.25) is 9.59 Å². The normalized spacial score (nSPS) is 15.1. The minimum absolute atomic E-state index is 0.154. The summed E-state index contributed by atoms with van der Waals surface area (Å²) in [5.74, 6) is -1.67. The Hall–Kier alpha value is -3.36. The number of nitrogens with two attached hydrogens (primary N) is 1. The lowest BCUT2D eigenvalue weighted by molar-refractivity contribution is -0.120. The number of amides is 2. The number of fused-ring (bicyclic) bond motifs is 1. The Morgan fingerprint density at radius 2 is 1.84 bits per heavy atom. The number of nitrogens with one attached hydrogen (secondary N) is 1. The largest absolute Gasteiger partial charge is 0.484 e. The first-order chi connectivity index (χ1) is 14.8. The number of rotatable bonds is 6. The van der Waals surface area contributed by atoms with Gasteiger partial charge in [-0.25, -0.2) is 4.79 Å². The Balaban J connectivity index is 1.77. The van der Waals surface area contributed by atoms with Crippen molar-refractivity contribution in [1.29, 1.82) is 0 Å². The van der Waals surface area contributed by atoms with Crippen molar-refractivity contribution in [2.75, 3.05) is 11.9 Å². The molecule has 9 heteroatoms. The first kappa shape index (κ1) is 20.9. The van der Waals surface area contributed by atoms with Gasteiger partial charge in [-0.05, 0) is 35.4 Å². The SMILES string of the molecule is NC(=O)COc1ccc([C@@H]2CC(=O)Nc3c2sc(C(=O)O)c3-c2ccc(Cl)cc2)cc1. The second kappa shape index (κ2) is 8.41. The van der Waals surface area contributed by atoms with Gasteiger partial charge in [-0.2, -0.15) is 0 Å². The van der Waals surface area contributed by atoms with Crippen LogP contribution in [-0.4, -0.2) is 29.5 Å². The van der Waals surface area contributed by atoms with E-state index in [-0.39, 0.29) is 29.7 Å². The number of primary amides is 1. The number of carboxylic acids is 1. The number of carbonyl (C=O) groups is 3. The highest BCUT2D eigenvalue weighted by atomic mass is 35.5. The zero-order valence-electron chi connectivity index (χ0n) is 16.1. The highest BCUT2D eigenvalue weighted by Crippen LogP contribution is 2.49. The summed E-state index contributed by atoms with van der Waals surface area (Å²) < 4.78 is 5.28. The second-order valence-electron chi connectivity index (χ2n) is 6.99. The first-order valence-electron chi connectivity index (χ1n) is 9.30. The Morgan fingerprint density at radius 3 is 2.45 bits per heavy atom. The van der Waals surface area contributed by atoms with Gasteiger partial charge in [0.05, 0.1) is 5.69 Å². The number of hydrogen-bond acceptors (Lipinski definition) is 5. The predicted molar refractivity (Wildman–Crippen MR) is 118 cm³/mol. The summed E-state index contributed by atoms with van der Waals surface area (Å²) in [4.78, 5) is 36.3. The second-order valence-corrected chi connectivity index (χ2v) is 8.48. The summed E-state index contributed by atoms with van der Waals surface area (Å²) in [6.45, 7) is -0.229. The van der Waals surface area contributed by atoms with Crippen LogP contribution in [-0.2, 0) is 9.59 Å². The lowest BCUT2D eigenvalue weighted by atomic mass is 9.88. The lowest BCUT2D eigenvalue weighted by Gasteiger charge is -2.24. The highest BCUT2D eigenvalue weighted by molar-refractivity contribution is 7.15. The third kappa shape index (κ3) is 4.26. The van der Waals surface area contributed by atoms with E-state index in [0.29, 0.717) is 27.6 Å². The molecule has 1 aromatic heterocycles. The van der Waals surface area contributed by atoms with E-state index in [1.165, 1.54) is 0 Å². The maximum Gasteiger partial charge on any atom is 0.346 e. The fraction of sp³-hybridized carbons (Fsp3) is 0.136. The Labute approximate surface area is 186 Å². The molecule has 0 fully saturated rings. The Bertz CT molecular complexity index is 1170. The van der Waals surface area contributed by atoms with Gasteiger partial charge in [0.2, 0.25) is 5.91 Å². The Morgan fingerprint density at radius 1 is 1.16 bits per heavy atom. The molecule has 0 bridgehead atoms. The number of hydrogen-bond donors (Lipinski definition) is 3. The van der Waals surface area contributed by atoms with Gasteiger partial charge in [0.15, 0.2) is 6.61 Å². The van der Waals surface area contributed by atoms with Crippen molar-refractivity contribution < 1.29 is 24.2 Å². The van der Waals surface area contributed by atoms with E-state index in [1.807, 2.05) is 0 Å². The van der Waals surface area contributed by atoms with Crippen LogP contribution in [0.4, 0.5) is 5.69 Å². The number of carboxylic acid groups (broad SMARTS) is 1. The molecule has 1 aliphatic heterocycles. The van der Waals surface area contributed by atoms with Crippen LogP contribution in [0.2, 0.25) is 5.02 Å². The summed E-state index contributed by atoms with van der Waals surface area (Å²) in [6, 6.07) is 13.8. The predicted octanol–water partition coefficient (Wildman–Crippen LogP) is 4.10. The average Bonchev–Trinajstić information content (AvgIpc) is 3.12. The molecule has 4 N–H and O–H groups in total. The van der Waals surface area contributed by atoms with E-state index in [9.17, 15) is 19.5 Å². The maximum absolute atomic E-state index is 12.5. The fourth-order valence-corrected chi connectivity index (χ4v) is 4.92. The van der Waals surface area contributed by atoms with Crippen LogP contribution in [0.25, 0.3) is 11.1 Å². The monoisotopic (exact) mass is 456 g/mol. The molecule has 0 radical (unpaired) electrons. The highest BCUT2D eigenvalue weighted by Gasteiger charge is 2.34. The van der Waals surface area contributed by atoms with E-state index in [4.69, 9.17) is 22.1 Å². The van der Waals surface area contributed by atoms with E-state index in [0.717, 1.165) is 21.8 Å². The molecule has 3 aromatic rings. The average molecular weight is 457 g/mol. The number of thiophene rings is 1. The number of halogens is 1. The van der Waals surface area contributed by atoms with Gasteiger partial charge in [0.1, 0.15) is 10.6 Å². The van der Waals surface area contributed by atoms with Crippen molar-refractivity contribution in [2.45, 2.75) is 12.3 Å². The molecule has 158 valence electrons. The quantitative estimate of drug-likeness (QED) is 0.515. The van der Waals surface area contributed by atoms with Gasteiger partial charge in [0, 0.05) is 27.8 Å². The van der Waals surface area contributed by atoms with Crippen LogP contribution in [0.15, 0.2) is 48.5 Å². The standard InChI is InChI=1S/C22H17ClN2O5S/c23-13-5-1-12(2-6-13)18-19-20(31-21(18)22(28)29)15(9-17(27)25-19)11-3-7-14(8-4-11)30-10-16(24)26/h1-8,15H,9-10H2,(H2,24,26)(H,25,27)(H,28,29)/t15-/m0/s1. The molecule has 7 nitrogen and oxygen atoms in total. The van der Waals surface area contributed by atoms with Crippen molar-refractivity contribution in [3.8, 4) is 16.9 Å². The van der Waals surface area contributed by atoms with Crippen LogP contribution < -0.4 is 15.8 Å². The zero-order valence-corrected chi connectivity index (χ0v) is 17.6. The zero-order chi connectivity index (χ0) is 22.1. The summed E-state index contributed by atoms with van der Waals surface area (Å²) >= 11 is 7.13. The number of aromatic carboxylic acids is 1. The molecule has 0 aliphatic carbocycles. The fourth-order valence-electron chi connectivity index (χ4n) is 3.55. The molecule has 2 heterocycles. The van der Waals surface area contributed by atoms with Crippen molar-refractivity contribution >= 4 is 46.4 Å². The van der Waals surface area contributed by atoms with Crippen molar-refractivity contribution in [3.63, 3.8) is 0 Å². The third-order valence-electron chi connectivity index (χ3n) is 4.90. The molecular formula is C22H17ClN2O5S. The van der Waals surface area contributed by atoms with Crippen LogP contribution in [0.3, 0.4) is 0 Å². The molecular weight excluding hydrogens is 440 g/mol. The van der Waals surface area contributed by atoms with Crippen molar-refractivity contribution in [2.24, 2.45) is 5.73 Å². The van der Waals surface area contributed by atoms with E-state index < -0.39 is 11.9 Å². The topological polar surface area (TPSA) is 119 Å². The molecule has 2 amide bonds. The minimum Gasteiger partial charge on any atom is -0.484 e. The van der Waals surface area contributed by atoms with Crippen LogP contribution in [0.1, 0.15) is 32.5 Å². The van der Waals surface area contributed by atoms with Gasteiger partial charge in [0.25, 0.3) is 5.91 Å². The molecule has 2 aromatic carbocycles. The maximum atomic E-state index is 12.5. The van der Waals surface area contributed by atoms with E-state index in [2.05, 4.69) is 5.32 Å². The number of ether oxygens (including phenoxy) is 1. The minimum atomic E-state index is -1.06. The van der Waals surface area contributed by atoms with Crippen molar-refractivity contribution in [1.82, 2.24) is 0 Å². The van der Waals surface area contributed by atoms with Gasteiger partial charge in [-0.15, -0.1) is 11.3 Å². The van der Waals surface area contributed by atoms with E-state index in [1.54, 1.807) is 48.5 Å². The van der Waals surface area contributed by atoms with Gasteiger partial charge >= 0.3 is 5.97 Å². The smallest absolute Gasteiger partial charge is 0.346 e. The number of anilines is 1. The Kier molecular flexibility index (Phi) is 5.67. The van der Waals surface area contributed by atoms with Gasteiger partial charge in [-0.1, -0.05) is 35.9 Å². The van der Waals surface area contributed by atoms with Gasteiger partial charge < -0.3 is 20.9 Å². The summed E-state index contributed by atoms with van der Waals surface area (Å²) in [6.07, 6.45) is 0.189. The van der Waals surface area contributed by atoms with Crippen LogP contribution in [0, 0.1) is 0 Å². The van der Waals surface area contributed by atoms with Crippen LogP contribution in [0.5, 0.6) is 5.75 Å². The molecule has 31 heavy (non-hydrogen) atoms. The summed E-state index contributed by atoms with van der Waals surface area (Å²) in [5, 5.41) is 13.2. The molecule has 1 aliphatic rings. The molecule has 1 atom stereocenters. The molecule has 0 saturated heterocycles. The van der Waals surface area contributed by atoms with E-state index >= 15 is 0 Å². The first-order valence-corrected chi connectivity index (χ1v) is 10.5. The summed E-state index contributed by atoms with van der Waals surface area (Å²) in [7, 11) is 0. The third-order valence-corrected chi connectivity index (χ3v) is 6.44. The number of carbonyl (C=O) groups excluding carboxylic acids is 2. The molecule has 4 rings (SSSR count). The number of benzene rings is 2.